The Balaban J connectivity index is 1.92. The van der Waals surface area contributed by atoms with Gasteiger partial charge in [0.15, 0.2) is 11.6 Å². The van der Waals surface area contributed by atoms with E-state index in [-0.39, 0.29) is 23.4 Å². The molecule has 0 radical (unpaired) electrons. The fourth-order valence-electron chi connectivity index (χ4n) is 2.60. The van der Waals surface area contributed by atoms with Crippen LogP contribution in [0, 0.1) is 18.6 Å². The summed E-state index contributed by atoms with van der Waals surface area (Å²) in [5.41, 5.74) is 2.32. The number of thioether (sulfide) groups is 1. The van der Waals surface area contributed by atoms with E-state index in [2.05, 4.69) is 0 Å². The Labute approximate surface area is 132 Å². The summed E-state index contributed by atoms with van der Waals surface area (Å²) in [7, 11) is 0. The number of carbonyl (C=O) groups is 1. The molecule has 2 aromatic rings. The Kier molecular flexibility index (Phi) is 4.16. The van der Waals surface area contributed by atoms with Crippen molar-refractivity contribution in [2.45, 2.75) is 18.8 Å². The summed E-state index contributed by atoms with van der Waals surface area (Å²) in [4.78, 5) is 13.8. The number of nitrogens with zero attached hydrogens (tertiary/aromatic N) is 1. The molecule has 1 amide bonds. The molecule has 1 aliphatic rings. The lowest BCUT2D eigenvalue weighted by Gasteiger charge is -2.25. The monoisotopic (exact) mass is 319 g/mol. The van der Waals surface area contributed by atoms with Crippen molar-refractivity contribution in [3.63, 3.8) is 0 Å². The highest BCUT2D eigenvalue weighted by molar-refractivity contribution is 8.00. The van der Waals surface area contributed by atoms with Gasteiger partial charge in [-0.25, -0.2) is 8.78 Å². The fraction of sp³-hybridized carbons (Fsp3) is 0.235. The maximum atomic E-state index is 13.9. The highest BCUT2D eigenvalue weighted by atomic mass is 32.2. The first-order chi connectivity index (χ1) is 10.6. The Bertz CT molecular complexity index is 720. The van der Waals surface area contributed by atoms with Crippen molar-refractivity contribution in [2.75, 3.05) is 5.75 Å². The van der Waals surface area contributed by atoms with Crippen molar-refractivity contribution >= 4 is 17.7 Å². The van der Waals surface area contributed by atoms with Crippen LogP contribution in [-0.2, 0) is 11.3 Å². The summed E-state index contributed by atoms with van der Waals surface area (Å²) in [5.74, 6) is -1.46. The van der Waals surface area contributed by atoms with Gasteiger partial charge < -0.3 is 4.90 Å². The van der Waals surface area contributed by atoms with Crippen LogP contribution in [0.4, 0.5) is 8.78 Å². The Morgan fingerprint density at radius 1 is 1.18 bits per heavy atom. The van der Waals surface area contributed by atoms with Gasteiger partial charge in [0.05, 0.1) is 12.3 Å². The summed E-state index contributed by atoms with van der Waals surface area (Å²) in [6, 6.07) is 11.9. The number of benzene rings is 2. The standard InChI is InChI=1S/C17H15F2NOS/c1-11-5-2-3-7-13(11)17-20(15(21)10-22-17)9-12-6-4-8-14(18)16(12)19/h2-8,17H,9-10H2,1H3. The SMILES string of the molecule is Cc1ccccc1C1SCC(=O)N1Cc1cccc(F)c1F. The number of halogens is 2. The molecule has 1 heterocycles. The summed E-state index contributed by atoms with van der Waals surface area (Å²) in [6.45, 7) is 2.06. The molecule has 3 rings (SSSR count). The van der Waals surface area contributed by atoms with Gasteiger partial charge in [-0.05, 0) is 24.1 Å². The second-order valence-electron chi connectivity index (χ2n) is 5.25. The first-order valence-electron chi connectivity index (χ1n) is 6.97. The van der Waals surface area contributed by atoms with Crippen molar-refractivity contribution in [1.29, 1.82) is 0 Å². The summed E-state index contributed by atoms with van der Waals surface area (Å²) in [5, 5.41) is -0.156. The van der Waals surface area contributed by atoms with Gasteiger partial charge in [-0.1, -0.05) is 36.4 Å². The van der Waals surface area contributed by atoms with Gasteiger partial charge in [-0.3, -0.25) is 4.79 Å². The number of amides is 1. The number of hydrogen-bond acceptors (Lipinski definition) is 2. The van der Waals surface area contributed by atoms with Gasteiger partial charge in [0, 0.05) is 5.56 Å². The molecule has 0 aromatic heterocycles. The smallest absolute Gasteiger partial charge is 0.234 e. The van der Waals surface area contributed by atoms with Crippen LogP contribution in [0.2, 0.25) is 0 Å². The maximum Gasteiger partial charge on any atom is 0.234 e. The van der Waals surface area contributed by atoms with Crippen LogP contribution < -0.4 is 0 Å². The van der Waals surface area contributed by atoms with E-state index in [0.29, 0.717) is 5.75 Å². The topological polar surface area (TPSA) is 20.3 Å². The van der Waals surface area contributed by atoms with Crippen LogP contribution in [0.1, 0.15) is 22.1 Å². The molecule has 1 unspecified atom stereocenters. The molecule has 0 saturated carbocycles. The largest absolute Gasteiger partial charge is 0.321 e. The average molecular weight is 319 g/mol. The predicted molar refractivity (Wildman–Crippen MR) is 83.3 cm³/mol. The second-order valence-corrected chi connectivity index (χ2v) is 6.32. The third kappa shape index (κ3) is 2.73. The van der Waals surface area contributed by atoms with Crippen molar-refractivity contribution < 1.29 is 13.6 Å². The molecule has 1 fully saturated rings. The zero-order valence-corrected chi connectivity index (χ0v) is 12.9. The van der Waals surface area contributed by atoms with E-state index in [0.717, 1.165) is 17.2 Å². The molecule has 1 atom stereocenters. The highest BCUT2D eigenvalue weighted by Gasteiger charge is 2.34. The summed E-state index contributed by atoms with van der Waals surface area (Å²) in [6.07, 6.45) is 0. The minimum atomic E-state index is -0.885. The minimum Gasteiger partial charge on any atom is -0.321 e. The van der Waals surface area contributed by atoms with Crippen LogP contribution in [-0.4, -0.2) is 16.6 Å². The Morgan fingerprint density at radius 3 is 2.73 bits per heavy atom. The molecule has 2 nitrogen and oxygen atoms in total. The molecule has 114 valence electrons. The molecule has 1 saturated heterocycles. The van der Waals surface area contributed by atoms with Gasteiger partial charge in [-0.15, -0.1) is 11.8 Å². The molecule has 0 aliphatic carbocycles. The van der Waals surface area contributed by atoms with Gasteiger partial charge in [0.25, 0.3) is 0 Å². The molecular weight excluding hydrogens is 304 g/mol. The lowest BCUT2D eigenvalue weighted by atomic mass is 10.1. The number of rotatable bonds is 3. The molecule has 2 aromatic carbocycles. The predicted octanol–water partition coefficient (Wildman–Crippen LogP) is 4.05. The van der Waals surface area contributed by atoms with E-state index in [1.807, 2.05) is 31.2 Å². The normalized spacial score (nSPS) is 18.0. The van der Waals surface area contributed by atoms with Crippen LogP contribution in [0.15, 0.2) is 42.5 Å². The van der Waals surface area contributed by atoms with Crippen LogP contribution in [0.25, 0.3) is 0 Å². The van der Waals surface area contributed by atoms with E-state index < -0.39 is 11.6 Å². The van der Waals surface area contributed by atoms with E-state index in [1.54, 1.807) is 4.90 Å². The molecule has 5 heteroatoms. The average Bonchev–Trinajstić information content (AvgIpc) is 2.86. The van der Waals surface area contributed by atoms with Gasteiger partial charge in [0.2, 0.25) is 5.91 Å². The number of aryl methyl sites for hydroxylation is 1. The first-order valence-corrected chi connectivity index (χ1v) is 8.02. The molecule has 0 bridgehead atoms. The van der Waals surface area contributed by atoms with E-state index in [1.165, 1.54) is 23.9 Å². The highest BCUT2D eigenvalue weighted by Crippen LogP contribution is 2.40. The molecular formula is C17H15F2NOS. The van der Waals surface area contributed by atoms with Crippen LogP contribution >= 0.6 is 11.8 Å². The van der Waals surface area contributed by atoms with Crippen LogP contribution in [0.5, 0.6) is 0 Å². The van der Waals surface area contributed by atoms with Gasteiger partial charge in [-0.2, -0.15) is 0 Å². The van der Waals surface area contributed by atoms with Gasteiger partial charge in [0.1, 0.15) is 5.37 Å². The number of hydrogen-bond donors (Lipinski definition) is 0. The lowest BCUT2D eigenvalue weighted by Crippen LogP contribution is -2.28. The third-order valence-electron chi connectivity index (χ3n) is 3.79. The summed E-state index contributed by atoms with van der Waals surface area (Å²) < 4.78 is 27.2. The Morgan fingerprint density at radius 2 is 1.95 bits per heavy atom. The van der Waals surface area contributed by atoms with Crippen molar-refractivity contribution in [1.82, 2.24) is 4.90 Å². The second kappa shape index (κ2) is 6.08. The number of carbonyl (C=O) groups excluding carboxylic acids is 1. The Hall–Kier alpha value is -1.88. The maximum absolute atomic E-state index is 13.9. The van der Waals surface area contributed by atoms with E-state index in [4.69, 9.17) is 0 Å². The molecule has 0 spiro atoms. The van der Waals surface area contributed by atoms with E-state index >= 15 is 0 Å². The summed E-state index contributed by atoms with van der Waals surface area (Å²) >= 11 is 1.52. The van der Waals surface area contributed by atoms with E-state index in [9.17, 15) is 13.6 Å². The van der Waals surface area contributed by atoms with Crippen molar-refractivity contribution in [3.8, 4) is 0 Å². The molecule has 0 N–H and O–H groups in total. The lowest BCUT2D eigenvalue weighted by molar-refractivity contribution is -0.128. The zero-order chi connectivity index (χ0) is 15.7. The minimum absolute atomic E-state index is 0.0538. The zero-order valence-electron chi connectivity index (χ0n) is 12.1. The first kappa shape index (κ1) is 15.0. The third-order valence-corrected chi connectivity index (χ3v) is 5.03. The van der Waals surface area contributed by atoms with Crippen molar-refractivity contribution in [2.24, 2.45) is 0 Å². The molecule has 1 aliphatic heterocycles. The molecule has 22 heavy (non-hydrogen) atoms. The fourth-order valence-corrected chi connectivity index (χ4v) is 3.88. The van der Waals surface area contributed by atoms with Crippen molar-refractivity contribution in [3.05, 3.63) is 70.8 Å². The van der Waals surface area contributed by atoms with Crippen LogP contribution in [0.3, 0.4) is 0 Å². The van der Waals surface area contributed by atoms with Gasteiger partial charge >= 0.3 is 0 Å². The quantitative estimate of drug-likeness (QED) is 0.851.